The van der Waals surface area contributed by atoms with Crippen LogP contribution in [0.4, 0.5) is 0 Å². The Hall–Kier alpha value is -2.94. The van der Waals surface area contributed by atoms with Crippen LogP contribution in [0.5, 0.6) is 0 Å². The minimum absolute atomic E-state index is 0.0705. The Morgan fingerprint density at radius 3 is 2.53 bits per heavy atom. The fourth-order valence-electron chi connectivity index (χ4n) is 3.47. The van der Waals surface area contributed by atoms with E-state index in [9.17, 15) is 14.4 Å². The highest BCUT2D eigenvalue weighted by Gasteiger charge is 2.23. The zero-order valence-corrected chi connectivity index (χ0v) is 20.9. The number of hydrogen-bond acceptors (Lipinski definition) is 7. The number of halogens is 1. The van der Waals surface area contributed by atoms with Crippen LogP contribution in [0, 0.1) is 6.92 Å². The number of thiophene rings is 1. The monoisotopic (exact) mass is 512 g/mol. The molecule has 0 fully saturated rings. The number of thioether (sulfide) groups is 1. The molecule has 0 amide bonds. The van der Waals surface area contributed by atoms with Crippen LogP contribution in [0.1, 0.15) is 38.1 Å². The second-order valence-electron chi connectivity index (χ2n) is 7.41. The van der Waals surface area contributed by atoms with E-state index in [1.54, 1.807) is 44.2 Å². The molecular weight excluding hydrogens is 492 g/mol. The number of carbonyl (C=O) groups is 2. The van der Waals surface area contributed by atoms with Crippen LogP contribution in [-0.4, -0.2) is 33.7 Å². The molecule has 0 aliphatic carbocycles. The number of carbonyl (C=O) groups excluding carboxylic acids is 2. The minimum Gasteiger partial charge on any atom is -0.462 e. The number of hydrogen-bond donors (Lipinski definition) is 0. The van der Waals surface area contributed by atoms with Crippen molar-refractivity contribution in [2.75, 3.05) is 12.4 Å². The fourth-order valence-corrected chi connectivity index (χ4v) is 5.68. The number of nitrogens with zero attached hydrogens (tertiary/aromatic N) is 2. The Morgan fingerprint density at radius 1 is 1.12 bits per heavy atom. The number of ketones is 1. The van der Waals surface area contributed by atoms with Gasteiger partial charge in [-0.1, -0.05) is 71.9 Å². The van der Waals surface area contributed by atoms with Crippen molar-refractivity contribution in [3.8, 4) is 0 Å². The van der Waals surface area contributed by atoms with Gasteiger partial charge in [-0.15, -0.1) is 11.3 Å². The summed E-state index contributed by atoms with van der Waals surface area (Å²) in [5.74, 6) is -0.438. The summed E-state index contributed by atoms with van der Waals surface area (Å²) in [4.78, 5) is 44.2. The number of fused-ring (bicyclic) bond motifs is 1. The van der Waals surface area contributed by atoms with Gasteiger partial charge in [-0.05, 0) is 31.0 Å². The summed E-state index contributed by atoms with van der Waals surface area (Å²) in [6.07, 6.45) is 0. The van der Waals surface area contributed by atoms with Crippen molar-refractivity contribution < 1.29 is 14.3 Å². The van der Waals surface area contributed by atoms with Gasteiger partial charge in [0.15, 0.2) is 10.9 Å². The lowest BCUT2D eigenvalue weighted by Gasteiger charge is -2.13. The van der Waals surface area contributed by atoms with E-state index in [-0.39, 0.29) is 30.2 Å². The van der Waals surface area contributed by atoms with Crippen LogP contribution in [0.2, 0.25) is 5.02 Å². The van der Waals surface area contributed by atoms with Crippen molar-refractivity contribution in [2.24, 2.45) is 0 Å². The van der Waals surface area contributed by atoms with E-state index in [0.29, 0.717) is 36.4 Å². The molecule has 0 atom stereocenters. The van der Waals surface area contributed by atoms with E-state index in [0.717, 1.165) is 16.9 Å². The van der Waals surface area contributed by atoms with Crippen molar-refractivity contribution in [1.29, 1.82) is 0 Å². The Bertz CT molecular complexity index is 1430. The normalized spacial score (nSPS) is 11.0. The van der Waals surface area contributed by atoms with Crippen molar-refractivity contribution >= 4 is 56.7 Å². The number of aryl methyl sites for hydroxylation is 1. The van der Waals surface area contributed by atoms with Gasteiger partial charge in [-0.3, -0.25) is 14.2 Å². The molecule has 0 spiro atoms. The standard InChI is InChI=1S/C25H21ClN2O4S2/c1-3-32-24(31)21-15(2)20-22(34-21)27-25(33-14-19(29)16-9-5-4-6-10-16)28(23(20)30)13-17-11-7-8-12-18(17)26/h4-12H,3,13-14H2,1-2H3. The topological polar surface area (TPSA) is 78.3 Å². The zero-order valence-electron chi connectivity index (χ0n) is 18.5. The lowest BCUT2D eigenvalue weighted by molar-refractivity contribution is 0.0531. The molecule has 4 aromatic rings. The van der Waals surface area contributed by atoms with Gasteiger partial charge in [0.1, 0.15) is 9.71 Å². The second kappa shape index (κ2) is 10.5. The summed E-state index contributed by atoms with van der Waals surface area (Å²) in [5.41, 5.74) is 1.60. The molecule has 0 bridgehead atoms. The maximum Gasteiger partial charge on any atom is 0.348 e. The highest BCUT2D eigenvalue weighted by molar-refractivity contribution is 7.99. The van der Waals surface area contributed by atoms with Gasteiger partial charge in [-0.2, -0.15) is 0 Å². The third kappa shape index (κ3) is 4.94. The molecule has 174 valence electrons. The molecule has 4 rings (SSSR count). The molecule has 0 N–H and O–H groups in total. The van der Waals surface area contributed by atoms with Gasteiger partial charge < -0.3 is 4.74 Å². The molecule has 6 nitrogen and oxygen atoms in total. The first-order chi connectivity index (χ1) is 16.4. The Morgan fingerprint density at radius 2 is 1.82 bits per heavy atom. The predicted octanol–water partition coefficient (Wildman–Crippen LogP) is 5.62. The molecule has 9 heteroatoms. The predicted molar refractivity (Wildman–Crippen MR) is 137 cm³/mol. The molecule has 2 aromatic heterocycles. The number of ether oxygens (including phenoxy) is 1. The third-order valence-electron chi connectivity index (χ3n) is 5.19. The van der Waals surface area contributed by atoms with Crippen molar-refractivity contribution in [1.82, 2.24) is 9.55 Å². The highest BCUT2D eigenvalue weighted by atomic mass is 35.5. The maximum atomic E-state index is 13.6. The third-order valence-corrected chi connectivity index (χ3v) is 7.70. The molecule has 0 aliphatic heterocycles. The van der Waals surface area contributed by atoms with E-state index >= 15 is 0 Å². The fraction of sp³-hybridized carbons (Fsp3) is 0.200. The van der Waals surface area contributed by atoms with E-state index in [1.807, 2.05) is 24.3 Å². The van der Waals surface area contributed by atoms with Crippen molar-refractivity contribution in [3.05, 3.63) is 91.5 Å². The SMILES string of the molecule is CCOC(=O)c1sc2nc(SCC(=O)c3ccccc3)n(Cc3ccccc3Cl)c(=O)c2c1C. The van der Waals surface area contributed by atoms with Crippen LogP contribution < -0.4 is 5.56 Å². The van der Waals surface area contributed by atoms with Crippen molar-refractivity contribution in [3.63, 3.8) is 0 Å². The Labute approximate surface area is 209 Å². The number of benzene rings is 2. The van der Waals surface area contributed by atoms with Gasteiger partial charge in [0.2, 0.25) is 0 Å². The number of rotatable bonds is 8. The van der Waals surface area contributed by atoms with Crippen LogP contribution in [-0.2, 0) is 11.3 Å². The quantitative estimate of drug-likeness (QED) is 0.132. The first-order valence-electron chi connectivity index (χ1n) is 10.6. The number of esters is 1. The van der Waals surface area contributed by atoms with Crippen molar-refractivity contribution in [2.45, 2.75) is 25.5 Å². The first-order valence-corrected chi connectivity index (χ1v) is 12.7. The molecule has 34 heavy (non-hydrogen) atoms. The number of aromatic nitrogens is 2. The molecular formula is C25H21ClN2O4S2. The van der Waals surface area contributed by atoms with E-state index < -0.39 is 5.97 Å². The first kappa shape index (κ1) is 24.2. The summed E-state index contributed by atoms with van der Waals surface area (Å²) in [5, 5.41) is 1.29. The summed E-state index contributed by atoms with van der Waals surface area (Å²) >= 11 is 8.67. The second-order valence-corrected chi connectivity index (χ2v) is 9.76. The van der Waals surface area contributed by atoms with Gasteiger partial charge in [0.25, 0.3) is 5.56 Å². The summed E-state index contributed by atoms with van der Waals surface area (Å²) < 4.78 is 6.66. The van der Waals surface area contributed by atoms with Gasteiger partial charge >= 0.3 is 5.97 Å². The average Bonchev–Trinajstić information content (AvgIpc) is 3.17. The van der Waals surface area contributed by atoms with Crippen LogP contribution >= 0.6 is 34.7 Å². The van der Waals surface area contributed by atoms with Gasteiger partial charge in [-0.25, -0.2) is 9.78 Å². The van der Waals surface area contributed by atoms with Gasteiger partial charge in [0.05, 0.1) is 24.3 Å². The maximum absolute atomic E-state index is 13.6. The van der Waals surface area contributed by atoms with E-state index in [4.69, 9.17) is 21.3 Å². The van der Waals surface area contributed by atoms with E-state index in [2.05, 4.69) is 0 Å². The lowest BCUT2D eigenvalue weighted by atomic mass is 10.2. The minimum atomic E-state index is -0.478. The molecule has 0 saturated carbocycles. The van der Waals surface area contributed by atoms with Gasteiger partial charge in [0, 0.05) is 10.6 Å². The molecule has 2 aromatic carbocycles. The Balaban J connectivity index is 1.79. The lowest BCUT2D eigenvalue weighted by Crippen LogP contribution is -2.24. The van der Waals surface area contributed by atoms with Crippen LogP contribution in [0.15, 0.2) is 64.5 Å². The van der Waals surface area contributed by atoms with Crippen LogP contribution in [0.3, 0.4) is 0 Å². The van der Waals surface area contributed by atoms with E-state index in [1.165, 1.54) is 16.3 Å². The molecule has 0 saturated heterocycles. The summed E-state index contributed by atoms with van der Waals surface area (Å²) in [7, 11) is 0. The Kier molecular flexibility index (Phi) is 7.50. The average molecular weight is 513 g/mol. The zero-order chi connectivity index (χ0) is 24.2. The summed E-state index contributed by atoms with van der Waals surface area (Å²) in [6, 6.07) is 16.2. The largest absolute Gasteiger partial charge is 0.462 e. The molecule has 0 aliphatic rings. The smallest absolute Gasteiger partial charge is 0.348 e. The molecule has 0 unspecified atom stereocenters. The molecule has 2 heterocycles. The number of Topliss-reactive ketones (excluding diaryl/α,β-unsaturated/α-hetero) is 1. The summed E-state index contributed by atoms with van der Waals surface area (Å²) in [6.45, 7) is 3.88. The van der Waals surface area contributed by atoms with Crippen LogP contribution in [0.25, 0.3) is 10.2 Å². The highest BCUT2D eigenvalue weighted by Crippen LogP contribution is 2.30. The molecule has 0 radical (unpaired) electrons.